The van der Waals surface area contributed by atoms with Gasteiger partial charge in [0, 0.05) is 19.3 Å². The lowest BCUT2D eigenvalue weighted by Crippen LogP contribution is -2.34. The summed E-state index contributed by atoms with van der Waals surface area (Å²) in [7, 11) is 2.50. The Kier molecular flexibility index (Phi) is 5.35. The number of carbonyl (C=O) groups excluding carboxylic acids is 1. The first-order valence-electron chi connectivity index (χ1n) is 7.12. The van der Waals surface area contributed by atoms with Crippen LogP contribution in [0.25, 0.3) is 0 Å². The number of ether oxygens (including phenoxy) is 1. The highest BCUT2D eigenvalue weighted by atomic mass is 19.4. The SMILES string of the molecule is COc1ccc(NC(=O)NCCn2nc(C(F)(F)F)n(C)c2=O)cc1. The summed E-state index contributed by atoms with van der Waals surface area (Å²) in [4.78, 5) is 23.4. The molecule has 0 unspecified atom stereocenters. The fraction of sp³-hybridized carbons (Fsp3) is 0.357. The molecule has 2 rings (SSSR count). The van der Waals surface area contributed by atoms with Crippen LogP contribution in [0.5, 0.6) is 5.75 Å². The number of alkyl halides is 3. The van der Waals surface area contributed by atoms with E-state index in [4.69, 9.17) is 4.74 Å². The molecule has 0 aliphatic heterocycles. The van der Waals surface area contributed by atoms with Gasteiger partial charge in [0.2, 0.25) is 5.82 Å². The van der Waals surface area contributed by atoms with Crippen LogP contribution in [0.4, 0.5) is 23.7 Å². The third-order valence-corrected chi connectivity index (χ3v) is 3.25. The summed E-state index contributed by atoms with van der Waals surface area (Å²) in [5, 5.41) is 8.20. The van der Waals surface area contributed by atoms with Gasteiger partial charge in [0.25, 0.3) is 0 Å². The van der Waals surface area contributed by atoms with Crippen molar-refractivity contribution in [2.45, 2.75) is 12.7 Å². The summed E-state index contributed by atoms with van der Waals surface area (Å²) in [5.74, 6) is -0.666. The highest BCUT2D eigenvalue weighted by Crippen LogP contribution is 2.25. The summed E-state index contributed by atoms with van der Waals surface area (Å²) in [5.41, 5.74) is -0.405. The topological polar surface area (TPSA) is 90.2 Å². The monoisotopic (exact) mass is 359 g/mol. The Bertz CT molecular complexity index is 796. The third kappa shape index (κ3) is 4.52. The molecular formula is C14H16F3N5O3. The van der Waals surface area contributed by atoms with Gasteiger partial charge >= 0.3 is 17.9 Å². The Hall–Kier alpha value is -2.98. The Labute approximate surface area is 140 Å². The maximum absolute atomic E-state index is 12.7. The van der Waals surface area contributed by atoms with Crippen molar-refractivity contribution in [3.8, 4) is 5.75 Å². The van der Waals surface area contributed by atoms with Crippen molar-refractivity contribution in [1.82, 2.24) is 19.7 Å². The standard InChI is InChI=1S/C14H16F3N5O3/c1-21-11(14(15,16)17)20-22(13(21)24)8-7-18-12(23)19-9-3-5-10(25-2)6-4-9/h3-6H,7-8H2,1-2H3,(H2,18,19,23). The Morgan fingerprint density at radius 2 is 1.92 bits per heavy atom. The maximum atomic E-state index is 12.7. The second-order valence-corrected chi connectivity index (χ2v) is 5.00. The Balaban J connectivity index is 1.90. The molecule has 0 fully saturated rings. The average Bonchev–Trinajstić information content (AvgIpc) is 2.84. The van der Waals surface area contributed by atoms with E-state index in [-0.39, 0.29) is 13.1 Å². The summed E-state index contributed by atoms with van der Waals surface area (Å²) in [6, 6.07) is 5.99. The quantitative estimate of drug-likeness (QED) is 0.845. The highest BCUT2D eigenvalue weighted by Gasteiger charge is 2.37. The van der Waals surface area contributed by atoms with Crippen molar-refractivity contribution in [2.75, 3.05) is 19.0 Å². The molecule has 1 aromatic carbocycles. The summed E-state index contributed by atoms with van der Waals surface area (Å²) >= 11 is 0. The second kappa shape index (κ2) is 7.28. The van der Waals surface area contributed by atoms with Gasteiger partial charge in [-0.15, -0.1) is 5.10 Å². The molecule has 11 heteroatoms. The molecule has 2 amide bonds. The molecule has 8 nitrogen and oxygen atoms in total. The maximum Gasteiger partial charge on any atom is 0.451 e. The number of hydrogen-bond acceptors (Lipinski definition) is 4. The van der Waals surface area contributed by atoms with Gasteiger partial charge in [0.1, 0.15) is 5.75 Å². The Morgan fingerprint density at radius 3 is 2.44 bits per heavy atom. The van der Waals surface area contributed by atoms with Crippen LogP contribution in [0.3, 0.4) is 0 Å². The number of anilines is 1. The normalized spacial score (nSPS) is 11.2. The van der Waals surface area contributed by atoms with Crippen molar-refractivity contribution in [2.24, 2.45) is 7.05 Å². The first kappa shape index (κ1) is 18.4. The number of rotatable bonds is 5. The molecule has 0 aliphatic carbocycles. The van der Waals surface area contributed by atoms with E-state index in [1.54, 1.807) is 24.3 Å². The molecule has 2 N–H and O–H groups in total. The number of methoxy groups -OCH3 is 1. The van der Waals surface area contributed by atoms with Crippen molar-refractivity contribution in [3.63, 3.8) is 0 Å². The second-order valence-electron chi connectivity index (χ2n) is 5.00. The number of urea groups is 1. The summed E-state index contributed by atoms with van der Waals surface area (Å²) in [6.07, 6.45) is -4.72. The van der Waals surface area contributed by atoms with E-state index in [0.717, 1.165) is 7.05 Å². The minimum Gasteiger partial charge on any atom is -0.497 e. The van der Waals surface area contributed by atoms with E-state index in [1.807, 2.05) is 0 Å². The van der Waals surface area contributed by atoms with Crippen LogP contribution >= 0.6 is 0 Å². The number of aromatic nitrogens is 3. The number of nitrogens with one attached hydrogen (secondary N) is 2. The number of hydrogen-bond donors (Lipinski definition) is 2. The molecule has 0 spiro atoms. The lowest BCUT2D eigenvalue weighted by molar-refractivity contribution is -0.147. The number of amides is 2. The number of halogens is 3. The molecule has 0 atom stereocenters. The molecule has 0 saturated heterocycles. The largest absolute Gasteiger partial charge is 0.497 e. The van der Waals surface area contributed by atoms with Gasteiger partial charge in [-0.3, -0.25) is 4.57 Å². The van der Waals surface area contributed by atoms with E-state index in [2.05, 4.69) is 15.7 Å². The van der Waals surface area contributed by atoms with Crippen LogP contribution in [0.2, 0.25) is 0 Å². The fourth-order valence-corrected chi connectivity index (χ4v) is 2.01. The minimum absolute atomic E-state index is 0.0732. The van der Waals surface area contributed by atoms with Crippen molar-refractivity contribution in [3.05, 3.63) is 40.6 Å². The zero-order chi connectivity index (χ0) is 18.6. The smallest absolute Gasteiger partial charge is 0.451 e. The lowest BCUT2D eigenvalue weighted by atomic mass is 10.3. The van der Waals surface area contributed by atoms with Gasteiger partial charge in [-0.25, -0.2) is 14.3 Å². The van der Waals surface area contributed by atoms with Gasteiger partial charge < -0.3 is 15.4 Å². The predicted octanol–water partition coefficient (Wildman–Crippen LogP) is 1.43. The molecule has 2 aromatic rings. The number of benzene rings is 1. The van der Waals surface area contributed by atoms with Crippen LogP contribution in [-0.2, 0) is 19.8 Å². The highest BCUT2D eigenvalue weighted by molar-refractivity contribution is 5.89. The molecular weight excluding hydrogens is 343 g/mol. The van der Waals surface area contributed by atoms with Crippen molar-refractivity contribution in [1.29, 1.82) is 0 Å². The van der Waals surface area contributed by atoms with Crippen molar-refractivity contribution < 1.29 is 22.7 Å². The molecule has 0 bridgehead atoms. The van der Waals surface area contributed by atoms with Crippen LogP contribution in [-0.4, -0.2) is 34.0 Å². The van der Waals surface area contributed by atoms with Crippen LogP contribution < -0.4 is 21.1 Å². The van der Waals surface area contributed by atoms with Gasteiger partial charge in [-0.1, -0.05) is 0 Å². The summed E-state index contributed by atoms with van der Waals surface area (Å²) < 4.78 is 44.0. The zero-order valence-corrected chi connectivity index (χ0v) is 13.4. The first-order valence-corrected chi connectivity index (χ1v) is 7.12. The summed E-state index contributed by atoms with van der Waals surface area (Å²) in [6.45, 7) is -0.269. The van der Waals surface area contributed by atoms with Gasteiger partial charge in [-0.2, -0.15) is 13.2 Å². The molecule has 0 saturated carbocycles. The predicted molar refractivity (Wildman–Crippen MR) is 82.5 cm³/mol. The average molecular weight is 359 g/mol. The molecule has 25 heavy (non-hydrogen) atoms. The van der Waals surface area contributed by atoms with E-state index in [1.165, 1.54) is 7.11 Å². The van der Waals surface area contributed by atoms with E-state index in [9.17, 15) is 22.8 Å². The number of carbonyl (C=O) groups is 1. The molecule has 1 aromatic heterocycles. The molecule has 0 aliphatic rings. The Morgan fingerprint density at radius 1 is 1.28 bits per heavy atom. The molecule has 136 valence electrons. The molecule has 1 heterocycles. The number of nitrogens with zero attached hydrogens (tertiary/aromatic N) is 3. The van der Waals surface area contributed by atoms with Crippen LogP contribution in [0.15, 0.2) is 29.1 Å². The minimum atomic E-state index is -4.72. The van der Waals surface area contributed by atoms with E-state index < -0.39 is 23.7 Å². The zero-order valence-electron chi connectivity index (χ0n) is 13.4. The third-order valence-electron chi connectivity index (χ3n) is 3.25. The van der Waals surface area contributed by atoms with Gasteiger partial charge in [0.05, 0.1) is 13.7 Å². The van der Waals surface area contributed by atoms with Crippen LogP contribution in [0.1, 0.15) is 5.82 Å². The fourth-order valence-electron chi connectivity index (χ4n) is 2.01. The van der Waals surface area contributed by atoms with E-state index >= 15 is 0 Å². The van der Waals surface area contributed by atoms with Gasteiger partial charge in [-0.05, 0) is 24.3 Å². The molecule has 0 radical (unpaired) electrons. The van der Waals surface area contributed by atoms with Gasteiger partial charge in [0.15, 0.2) is 0 Å². The van der Waals surface area contributed by atoms with Crippen molar-refractivity contribution >= 4 is 11.7 Å². The van der Waals surface area contributed by atoms with E-state index in [0.29, 0.717) is 20.7 Å². The first-order chi connectivity index (χ1) is 11.7. The van der Waals surface area contributed by atoms with Crippen LogP contribution in [0, 0.1) is 0 Å². The lowest BCUT2D eigenvalue weighted by Gasteiger charge is -2.08.